The van der Waals surface area contributed by atoms with Gasteiger partial charge in [0.15, 0.2) is 0 Å². The normalized spacial score (nSPS) is 32.2. The number of rotatable bonds is 5. The fraction of sp³-hybridized carbons (Fsp3) is 1.00. The van der Waals surface area contributed by atoms with E-state index >= 15 is 0 Å². The molecular weight excluding hydrogens is 186 g/mol. The van der Waals surface area contributed by atoms with Crippen LogP contribution in [0.1, 0.15) is 51.9 Å². The zero-order chi connectivity index (χ0) is 11.3. The van der Waals surface area contributed by atoms with Crippen molar-refractivity contribution in [3.05, 3.63) is 0 Å². The molecule has 1 saturated carbocycles. The number of unbranched alkanes of at least 4 members (excludes halogenated alkanes) is 1. The smallest absolute Gasteiger partial charge is 0.0693 e. The zero-order valence-corrected chi connectivity index (χ0v) is 10.9. The third kappa shape index (κ3) is 3.46. The van der Waals surface area contributed by atoms with Gasteiger partial charge in [-0.25, -0.2) is 0 Å². The van der Waals surface area contributed by atoms with Crippen molar-refractivity contribution in [3.63, 3.8) is 0 Å². The van der Waals surface area contributed by atoms with Gasteiger partial charge in [-0.05, 0) is 46.2 Å². The Morgan fingerprint density at radius 2 is 2.13 bits per heavy atom. The Kier molecular flexibility index (Phi) is 5.07. The van der Waals surface area contributed by atoms with Gasteiger partial charge in [0.1, 0.15) is 0 Å². The van der Waals surface area contributed by atoms with Crippen LogP contribution in [0.15, 0.2) is 0 Å². The van der Waals surface area contributed by atoms with Gasteiger partial charge in [-0.3, -0.25) is 0 Å². The summed E-state index contributed by atoms with van der Waals surface area (Å²) >= 11 is 0. The van der Waals surface area contributed by atoms with E-state index in [0.29, 0.717) is 0 Å². The third-order valence-corrected chi connectivity index (χ3v) is 3.93. The zero-order valence-electron chi connectivity index (χ0n) is 10.9. The Balaban J connectivity index is 2.55. The molecule has 2 heteroatoms. The average molecular weight is 213 g/mol. The molecule has 0 N–H and O–H groups in total. The topological polar surface area (TPSA) is 12.5 Å². The molecule has 0 aromatic heterocycles. The summed E-state index contributed by atoms with van der Waals surface area (Å²) in [7, 11) is 6.28. The molecule has 0 amide bonds. The van der Waals surface area contributed by atoms with Gasteiger partial charge in [0.05, 0.1) is 5.60 Å². The third-order valence-electron chi connectivity index (χ3n) is 3.93. The molecule has 1 rings (SSSR count). The van der Waals surface area contributed by atoms with Crippen LogP contribution in [0.5, 0.6) is 0 Å². The van der Waals surface area contributed by atoms with Crippen molar-refractivity contribution in [2.75, 3.05) is 21.2 Å². The molecule has 90 valence electrons. The number of nitrogens with zero attached hydrogens (tertiary/aromatic N) is 1. The highest BCUT2D eigenvalue weighted by atomic mass is 16.5. The van der Waals surface area contributed by atoms with Crippen LogP contribution in [0.3, 0.4) is 0 Å². The fourth-order valence-corrected chi connectivity index (χ4v) is 2.75. The van der Waals surface area contributed by atoms with Gasteiger partial charge < -0.3 is 9.64 Å². The highest BCUT2D eigenvalue weighted by Gasteiger charge is 2.36. The predicted octanol–water partition coefficient (Wildman–Crippen LogP) is 3.07. The summed E-state index contributed by atoms with van der Waals surface area (Å²) in [5.74, 6) is 0. The van der Waals surface area contributed by atoms with Crippen LogP contribution in [0.2, 0.25) is 0 Å². The molecule has 0 unspecified atom stereocenters. The molecule has 0 heterocycles. The van der Waals surface area contributed by atoms with Gasteiger partial charge in [-0.15, -0.1) is 0 Å². The molecule has 0 bridgehead atoms. The summed E-state index contributed by atoms with van der Waals surface area (Å²) in [5.41, 5.74) is 0.184. The van der Waals surface area contributed by atoms with E-state index < -0.39 is 0 Å². The molecule has 1 aliphatic carbocycles. The summed E-state index contributed by atoms with van der Waals surface area (Å²) in [5, 5.41) is 0. The Labute approximate surface area is 95.0 Å². The molecule has 1 aliphatic rings. The molecule has 15 heavy (non-hydrogen) atoms. The van der Waals surface area contributed by atoms with Gasteiger partial charge >= 0.3 is 0 Å². The van der Waals surface area contributed by atoms with E-state index in [4.69, 9.17) is 4.74 Å². The molecule has 2 atom stereocenters. The second kappa shape index (κ2) is 5.86. The number of hydrogen-bond donors (Lipinski definition) is 0. The monoisotopic (exact) mass is 213 g/mol. The lowest BCUT2D eigenvalue weighted by molar-refractivity contribution is -0.0657. The summed E-state index contributed by atoms with van der Waals surface area (Å²) in [4.78, 5) is 2.36. The number of hydrogen-bond acceptors (Lipinski definition) is 2. The molecule has 1 fully saturated rings. The van der Waals surface area contributed by atoms with Gasteiger partial charge in [-0.1, -0.05) is 19.8 Å². The van der Waals surface area contributed by atoms with Crippen LogP contribution >= 0.6 is 0 Å². The van der Waals surface area contributed by atoms with Crippen molar-refractivity contribution in [1.82, 2.24) is 4.90 Å². The predicted molar refractivity (Wildman–Crippen MR) is 65.2 cm³/mol. The van der Waals surface area contributed by atoms with Crippen molar-refractivity contribution < 1.29 is 4.74 Å². The summed E-state index contributed by atoms with van der Waals surface area (Å²) in [6.07, 6.45) is 8.95. The minimum atomic E-state index is 0.184. The minimum Gasteiger partial charge on any atom is -0.378 e. The molecule has 2 nitrogen and oxygen atoms in total. The van der Waals surface area contributed by atoms with E-state index in [0.717, 1.165) is 6.04 Å². The molecule has 0 radical (unpaired) electrons. The van der Waals surface area contributed by atoms with Crippen molar-refractivity contribution in [2.45, 2.75) is 63.5 Å². The molecule has 0 aromatic rings. The van der Waals surface area contributed by atoms with Crippen LogP contribution in [-0.2, 0) is 4.74 Å². The fourth-order valence-electron chi connectivity index (χ4n) is 2.75. The van der Waals surface area contributed by atoms with Crippen molar-refractivity contribution >= 4 is 0 Å². The van der Waals surface area contributed by atoms with E-state index in [1.54, 1.807) is 0 Å². The van der Waals surface area contributed by atoms with Crippen LogP contribution in [0.4, 0.5) is 0 Å². The summed E-state index contributed by atoms with van der Waals surface area (Å²) in [6, 6.07) is 0.718. The van der Waals surface area contributed by atoms with E-state index in [-0.39, 0.29) is 5.60 Å². The maximum absolute atomic E-state index is 5.83. The van der Waals surface area contributed by atoms with E-state index in [9.17, 15) is 0 Å². The van der Waals surface area contributed by atoms with Crippen molar-refractivity contribution in [2.24, 2.45) is 0 Å². The molecule has 0 saturated heterocycles. The van der Waals surface area contributed by atoms with Gasteiger partial charge in [0.2, 0.25) is 0 Å². The molecule has 0 aliphatic heterocycles. The summed E-state index contributed by atoms with van der Waals surface area (Å²) < 4.78 is 5.83. The Morgan fingerprint density at radius 3 is 2.67 bits per heavy atom. The lowest BCUT2D eigenvalue weighted by Crippen LogP contribution is -2.44. The van der Waals surface area contributed by atoms with Crippen LogP contribution in [0.25, 0.3) is 0 Å². The van der Waals surface area contributed by atoms with E-state index in [2.05, 4.69) is 25.9 Å². The number of ether oxygens (including phenoxy) is 1. The maximum atomic E-state index is 5.83. The molecule has 0 aromatic carbocycles. The first-order valence-electron chi connectivity index (χ1n) is 6.35. The summed E-state index contributed by atoms with van der Waals surface area (Å²) in [6.45, 7) is 2.26. The first-order valence-corrected chi connectivity index (χ1v) is 6.35. The Hall–Kier alpha value is -0.0800. The van der Waals surface area contributed by atoms with Gasteiger partial charge in [-0.2, -0.15) is 0 Å². The van der Waals surface area contributed by atoms with Crippen molar-refractivity contribution in [1.29, 1.82) is 0 Å². The standard InChI is InChI=1S/C13H27NO/c1-5-6-9-13(15-4)10-7-8-12(11-13)14(2)3/h12H,5-11H2,1-4H3/t12-,13-/m1/s1. The maximum Gasteiger partial charge on any atom is 0.0693 e. The Bertz CT molecular complexity index is 181. The van der Waals surface area contributed by atoms with Crippen LogP contribution in [-0.4, -0.2) is 37.7 Å². The largest absolute Gasteiger partial charge is 0.378 e. The molecular formula is C13H27NO. The van der Waals surface area contributed by atoms with Gasteiger partial charge in [0.25, 0.3) is 0 Å². The first kappa shape index (κ1) is 13.0. The molecule has 0 spiro atoms. The lowest BCUT2D eigenvalue weighted by atomic mass is 9.78. The number of methoxy groups -OCH3 is 1. The average Bonchev–Trinajstić information content (AvgIpc) is 2.26. The lowest BCUT2D eigenvalue weighted by Gasteiger charge is -2.42. The minimum absolute atomic E-state index is 0.184. The van der Waals surface area contributed by atoms with Crippen molar-refractivity contribution in [3.8, 4) is 0 Å². The second-order valence-corrected chi connectivity index (χ2v) is 5.20. The highest BCUT2D eigenvalue weighted by molar-refractivity contribution is 4.90. The van der Waals surface area contributed by atoms with Crippen LogP contribution < -0.4 is 0 Å². The van der Waals surface area contributed by atoms with E-state index in [1.807, 2.05) is 7.11 Å². The second-order valence-electron chi connectivity index (χ2n) is 5.20. The van der Waals surface area contributed by atoms with E-state index in [1.165, 1.54) is 44.9 Å². The highest BCUT2D eigenvalue weighted by Crippen LogP contribution is 2.36. The SMILES string of the molecule is CCCC[C@@]1(OC)CCC[C@@H](N(C)C)C1. The van der Waals surface area contributed by atoms with Crippen LogP contribution in [0, 0.1) is 0 Å². The van der Waals surface area contributed by atoms with Gasteiger partial charge in [0, 0.05) is 13.2 Å². The Morgan fingerprint density at radius 1 is 1.40 bits per heavy atom. The first-order chi connectivity index (χ1) is 7.13. The quantitative estimate of drug-likeness (QED) is 0.696.